The number of furan rings is 1. The highest BCUT2D eigenvalue weighted by Crippen LogP contribution is 2.50. The number of aromatic nitrogens is 2. The van der Waals surface area contributed by atoms with E-state index in [-0.39, 0.29) is 17.3 Å². The van der Waals surface area contributed by atoms with Gasteiger partial charge in [0.25, 0.3) is 0 Å². The molecule has 254 valence electrons. The van der Waals surface area contributed by atoms with Crippen molar-refractivity contribution in [3.05, 3.63) is 186 Å². The summed E-state index contributed by atoms with van der Waals surface area (Å²) in [5, 5.41) is 6.21. The number of hydrogen-bond acceptors (Lipinski definition) is 1. The van der Waals surface area contributed by atoms with Crippen molar-refractivity contribution in [2.45, 2.75) is 37.5 Å². The van der Waals surface area contributed by atoms with Gasteiger partial charge in [-0.3, -0.25) is 0 Å². The molecule has 3 atom stereocenters. The summed E-state index contributed by atoms with van der Waals surface area (Å²) < 4.78 is 11.4. The first-order valence-electron chi connectivity index (χ1n) is 18.8. The monoisotopic (exact) mass is 682 g/mol. The van der Waals surface area contributed by atoms with Crippen LogP contribution in [0, 0.1) is 0 Å². The summed E-state index contributed by atoms with van der Waals surface area (Å²) in [6.45, 7) is 4.83. The second-order valence-corrected chi connectivity index (χ2v) is 15.1. The predicted octanol–water partition coefficient (Wildman–Crippen LogP) is 13.3. The molecule has 0 aliphatic heterocycles. The lowest BCUT2D eigenvalue weighted by Crippen LogP contribution is -2.29. The molecule has 0 amide bonds. The van der Waals surface area contributed by atoms with Gasteiger partial charge in [-0.15, -0.1) is 0 Å². The molecule has 2 aliphatic rings. The van der Waals surface area contributed by atoms with E-state index in [0.717, 1.165) is 17.6 Å². The first-order valence-corrected chi connectivity index (χ1v) is 18.8. The maximum atomic E-state index is 6.42. The second kappa shape index (κ2) is 11.3. The van der Waals surface area contributed by atoms with Crippen molar-refractivity contribution in [3.63, 3.8) is 0 Å². The van der Waals surface area contributed by atoms with E-state index < -0.39 is 0 Å². The van der Waals surface area contributed by atoms with E-state index in [1.165, 1.54) is 77.2 Å². The van der Waals surface area contributed by atoms with E-state index in [1.807, 2.05) is 6.07 Å². The fourth-order valence-corrected chi connectivity index (χ4v) is 9.57. The van der Waals surface area contributed by atoms with Crippen LogP contribution in [-0.2, 0) is 5.41 Å². The van der Waals surface area contributed by atoms with Crippen LogP contribution in [0.5, 0.6) is 0 Å². The molecule has 53 heavy (non-hydrogen) atoms. The van der Waals surface area contributed by atoms with E-state index in [0.29, 0.717) is 0 Å². The molecule has 3 unspecified atom stereocenters. The third-order valence-corrected chi connectivity index (χ3v) is 12.2. The fourth-order valence-electron chi connectivity index (χ4n) is 9.57. The van der Waals surface area contributed by atoms with Gasteiger partial charge in [-0.2, -0.15) is 0 Å². The maximum Gasteiger partial charge on any atom is 0.135 e. The lowest BCUT2D eigenvalue weighted by molar-refractivity contribution is 0.572. The molecule has 0 spiro atoms. The third kappa shape index (κ3) is 4.34. The molecule has 6 aromatic carbocycles. The predicted molar refractivity (Wildman–Crippen MR) is 222 cm³/mol. The standard InChI is InChI=1S/C50H38N2O/c1-32-36(33-23-28-45-42(30-33)38-17-7-9-19-43(38)51(45)35-14-4-3-5-15-35)26-27-41-37-16-6-10-20-44(37)52(49(32)41)48-22-12-13-29-50(48,2)34-24-25-40-39-18-8-11-21-46(39)53-47(40)31-34/h3-28,30-32,36H,29H2,1-2H3. The van der Waals surface area contributed by atoms with E-state index in [1.54, 1.807) is 0 Å². The van der Waals surface area contributed by atoms with Crippen LogP contribution >= 0.6 is 0 Å². The SMILES string of the molecule is CC1c2c(c3ccccc3n2C2=CC=CCC2(C)c2ccc3c(c2)oc2ccccc23)C=CC1c1ccc2c(c1)c1ccccc1n2-c1ccccc1. The fraction of sp³-hybridized carbons (Fsp3) is 0.120. The molecule has 0 fully saturated rings. The molecule has 0 saturated heterocycles. The van der Waals surface area contributed by atoms with E-state index in [2.05, 4.69) is 187 Å². The first-order chi connectivity index (χ1) is 26.1. The molecule has 9 aromatic rings. The van der Waals surface area contributed by atoms with Gasteiger partial charge in [-0.05, 0) is 79.1 Å². The van der Waals surface area contributed by atoms with Gasteiger partial charge in [0.2, 0.25) is 0 Å². The summed E-state index contributed by atoms with van der Waals surface area (Å²) in [5.41, 5.74) is 13.1. The van der Waals surface area contributed by atoms with Crippen molar-refractivity contribution in [1.29, 1.82) is 0 Å². The molecule has 3 aromatic heterocycles. The highest BCUT2D eigenvalue weighted by Gasteiger charge is 2.38. The maximum absolute atomic E-state index is 6.42. The van der Waals surface area contributed by atoms with Crippen LogP contribution in [0.25, 0.3) is 72.1 Å². The zero-order chi connectivity index (χ0) is 35.3. The second-order valence-electron chi connectivity index (χ2n) is 15.1. The summed E-state index contributed by atoms with van der Waals surface area (Å²) in [4.78, 5) is 0. The summed E-state index contributed by atoms with van der Waals surface area (Å²) in [7, 11) is 0. The molecule has 11 rings (SSSR count). The lowest BCUT2D eigenvalue weighted by Gasteiger charge is -2.37. The molecule has 3 heteroatoms. The van der Waals surface area contributed by atoms with Gasteiger partial charge in [0.05, 0.1) is 16.6 Å². The molecular weight excluding hydrogens is 645 g/mol. The van der Waals surface area contributed by atoms with Crippen molar-refractivity contribution in [1.82, 2.24) is 9.13 Å². The van der Waals surface area contributed by atoms with E-state index >= 15 is 0 Å². The quantitative estimate of drug-likeness (QED) is 0.181. The minimum absolute atomic E-state index is 0.215. The van der Waals surface area contributed by atoms with Crippen molar-refractivity contribution in [2.24, 2.45) is 0 Å². The Bertz CT molecular complexity index is 3020. The molecule has 0 saturated carbocycles. The van der Waals surface area contributed by atoms with E-state index in [4.69, 9.17) is 4.42 Å². The summed E-state index contributed by atoms with van der Waals surface area (Å²) in [5.74, 6) is 0.447. The molecule has 0 N–H and O–H groups in total. The van der Waals surface area contributed by atoms with Gasteiger partial charge >= 0.3 is 0 Å². The first kappa shape index (κ1) is 30.3. The minimum Gasteiger partial charge on any atom is -0.456 e. The summed E-state index contributed by atoms with van der Waals surface area (Å²) >= 11 is 0. The Kier molecular flexibility index (Phi) is 6.49. The van der Waals surface area contributed by atoms with Crippen LogP contribution in [-0.4, -0.2) is 9.13 Å². The summed E-state index contributed by atoms with van der Waals surface area (Å²) in [6, 6.07) is 50.9. The molecule has 0 radical (unpaired) electrons. The Labute approximate surface area is 308 Å². The van der Waals surface area contributed by atoms with Crippen LogP contribution in [0.2, 0.25) is 0 Å². The average Bonchev–Trinajstić information content (AvgIpc) is 3.86. The highest BCUT2D eigenvalue weighted by molar-refractivity contribution is 6.10. The van der Waals surface area contributed by atoms with Gasteiger partial charge in [0.1, 0.15) is 11.2 Å². The smallest absolute Gasteiger partial charge is 0.135 e. The number of benzene rings is 6. The molecule has 2 aliphatic carbocycles. The third-order valence-electron chi connectivity index (χ3n) is 12.2. The van der Waals surface area contributed by atoms with E-state index in [9.17, 15) is 0 Å². The highest BCUT2D eigenvalue weighted by atomic mass is 16.3. The van der Waals surface area contributed by atoms with Crippen molar-refractivity contribution in [2.75, 3.05) is 0 Å². The van der Waals surface area contributed by atoms with Gasteiger partial charge < -0.3 is 13.6 Å². The molecule has 0 bridgehead atoms. The van der Waals surface area contributed by atoms with Crippen LogP contribution in [0.4, 0.5) is 0 Å². The van der Waals surface area contributed by atoms with Crippen molar-refractivity contribution < 1.29 is 4.42 Å². The minimum atomic E-state index is -0.272. The van der Waals surface area contributed by atoms with Gasteiger partial charge in [-0.25, -0.2) is 0 Å². The Morgan fingerprint density at radius 2 is 1.32 bits per heavy atom. The Morgan fingerprint density at radius 3 is 2.17 bits per heavy atom. The van der Waals surface area contributed by atoms with Gasteiger partial charge in [0.15, 0.2) is 0 Å². The number of fused-ring (bicyclic) bond motifs is 9. The Hall–Kier alpha value is -6.32. The number of hydrogen-bond donors (Lipinski definition) is 0. The lowest BCUT2D eigenvalue weighted by atomic mass is 9.73. The molecule has 3 heterocycles. The van der Waals surface area contributed by atoms with Crippen molar-refractivity contribution >= 4 is 66.4 Å². The number of allylic oxidation sites excluding steroid dienone is 5. The molecular formula is C50H38N2O. The van der Waals surface area contributed by atoms with Crippen LogP contribution in [0.1, 0.15) is 54.5 Å². The zero-order valence-corrected chi connectivity index (χ0v) is 29.8. The zero-order valence-electron chi connectivity index (χ0n) is 29.8. The molecule has 3 nitrogen and oxygen atoms in total. The van der Waals surface area contributed by atoms with Crippen molar-refractivity contribution in [3.8, 4) is 5.69 Å². The number of rotatable bonds is 4. The largest absolute Gasteiger partial charge is 0.456 e. The topological polar surface area (TPSA) is 23.0 Å². The summed E-state index contributed by atoms with van der Waals surface area (Å²) in [6.07, 6.45) is 12.7. The number of para-hydroxylation sites is 4. The normalized spacial score (nSPS) is 19.8. The average molecular weight is 683 g/mol. The van der Waals surface area contributed by atoms with Gasteiger partial charge in [-0.1, -0.05) is 122 Å². The number of nitrogens with zero attached hydrogens (tertiary/aromatic N) is 2. The Balaban J connectivity index is 1.07. The van der Waals surface area contributed by atoms with Crippen LogP contribution < -0.4 is 0 Å². The van der Waals surface area contributed by atoms with Crippen LogP contribution in [0.3, 0.4) is 0 Å². The Morgan fingerprint density at radius 1 is 0.623 bits per heavy atom. The van der Waals surface area contributed by atoms with Gasteiger partial charge in [0, 0.05) is 66.8 Å². The van der Waals surface area contributed by atoms with Crippen LogP contribution in [0.15, 0.2) is 168 Å².